The van der Waals surface area contributed by atoms with Crippen LogP contribution in [0.5, 0.6) is 0 Å². The van der Waals surface area contributed by atoms with Crippen molar-refractivity contribution in [2.45, 2.75) is 20.0 Å². The van der Waals surface area contributed by atoms with E-state index in [0.717, 1.165) is 11.3 Å². The van der Waals surface area contributed by atoms with Gasteiger partial charge in [-0.3, -0.25) is 14.6 Å². The lowest BCUT2D eigenvalue weighted by Gasteiger charge is -2.32. The van der Waals surface area contributed by atoms with Crippen molar-refractivity contribution < 1.29 is 18.7 Å². The topological polar surface area (TPSA) is 110 Å². The minimum atomic E-state index is -0.361. The second-order valence-electron chi connectivity index (χ2n) is 7.22. The van der Waals surface area contributed by atoms with Crippen LogP contribution >= 0.6 is 0 Å². The van der Waals surface area contributed by atoms with Crippen molar-refractivity contribution in [3.8, 4) is 11.3 Å². The Kier molecular flexibility index (Phi) is 5.77. The molecule has 0 aliphatic carbocycles. The lowest BCUT2D eigenvalue weighted by atomic mass is 10.1. The van der Waals surface area contributed by atoms with Crippen LogP contribution < -0.4 is 5.32 Å². The number of morpholine rings is 1. The molecule has 0 saturated carbocycles. The molecule has 1 aliphatic rings. The molecule has 1 saturated heterocycles. The van der Waals surface area contributed by atoms with Crippen molar-refractivity contribution in [3.05, 3.63) is 65.3 Å². The van der Waals surface area contributed by atoms with Gasteiger partial charge in [-0.15, -0.1) is 0 Å². The van der Waals surface area contributed by atoms with Crippen LogP contribution in [0.15, 0.2) is 40.9 Å². The highest BCUT2D eigenvalue weighted by Crippen LogP contribution is 2.25. The number of amides is 2. The van der Waals surface area contributed by atoms with Crippen LogP contribution in [-0.4, -0.2) is 58.4 Å². The zero-order chi connectivity index (χ0) is 22.0. The van der Waals surface area contributed by atoms with Gasteiger partial charge in [-0.25, -0.2) is 9.97 Å². The van der Waals surface area contributed by atoms with Gasteiger partial charge in [0.1, 0.15) is 11.8 Å². The van der Waals surface area contributed by atoms with Crippen LogP contribution in [0, 0.1) is 13.8 Å². The average molecular weight is 421 g/mol. The summed E-state index contributed by atoms with van der Waals surface area (Å²) in [7, 11) is 1.56. The highest BCUT2D eigenvalue weighted by Gasteiger charge is 2.30. The fourth-order valence-corrected chi connectivity index (χ4v) is 3.49. The number of aryl methyl sites for hydroxylation is 2. The maximum Gasteiger partial charge on any atom is 0.291 e. The lowest BCUT2D eigenvalue weighted by molar-refractivity contribution is -0.0256. The summed E-state index contributed by atoms with van der Waals surface area (Å²) in [6.45, 7) is 4.71. The zero-order valence-electron chi connectivity index (χ0n) is 17.6. The number of carbonyl (C=O) groups is 2. The lowest BCUT2D eigenvalue weighted by Crippen LogP contribution is -2.42. The first-order valence-corrected chi connectivity index (χ1v) is 9.96. The summed E-state index contributed by atoms with van der Waals surface area (Å²) in [5.74, 6) is 0.292. The molecule has 1 N–H and O–H groups in total. The van der Waals surface area contributed by atoms with Crippen molar-refractivity contribution in [1.82, 2.24) is 25.2 Å². The Morgan fingerprint density at radius 3 is 2.68 bits per heavy atom. The first-order chi connectivity index (χ1) is 15.0. The summed E-state index contributed by atoms with van der Waals surface area (Å²) in [6, 6.07) is 9.08. The molecule has 0 spiro atoms. The van der Waals surface area contributed by atoms with E-state index in [9.17, 15) is 9.59 Å². The molecule has 0 unspecified atom stereocenters. The van der Waals surface area contributed by atoms with Gasteiger partial charge in [0.2, 0.25) is 5.76 Å². The predicted octanol–water partition coefficient (Wildman–Crippen LogP) is 2.32. The van der Waals surface area contributed by atoms with E-state index in [2.05, 4.69) is 15.3 Å². The highest BCUT2D eigenvalue weighted by molar-refractivity contribution is 5.93. The molecule has 160 valence electrons. The number of nitrogens with zero attached hydrogens (tertiary/aromatic N) is 4. The SMILES string of the molecule is CNC(=O)c1ccc(-c2cccc([C@H]3CN(C(=O)c4oc(C)nc4C)CCO3)n2)cn1. The Bertz CT molecular complexity index is 1110. The Labute approximate surface area is 179 Å². The van der Waals surface area contributed by atoms with E-state index in [1.807, 2.05) is 18.2 Å². The molecule has 9 nitrogen and oxygen atoms in total. The molecular formula is C22H23N5O4. The maximum atomic E-state index is 12.9. The van der Waals surface area contributed by atoms with E-state index in [4.69, 9.17) is 14.1 Å². The monoisotopic (exact) mass is 421 g/mol. The van der Waals surface area contributed by atoms with Crippen molar-refractivity contribution in [2.75, 3.05) is 26.7 Å². The Balaban J connectivity index is 1.52. The largest absolute Gasteiger partial charge is 0.436 e. The van der Waals surface area contributed by atoms with E-state index in [1.54, 1.807) is 44.1 Å². The number of oxazole rings is 1. The number of pyridine rings is 2. The quantitative estimate of drug-likeness (QED) is 0.688. The minimum Gasteiger partial charge on any atom is -0.436 e. The summed E-state index contributed by atoms with van der Waals surface area (Å²) in [5, 5.41) is 2.55. The Hall–Kier alpha value is -3.59. The molecule has 4 heterocycles. The fourth-order valence-electron chi connectivity index (χ4n) is 3.49. The first-order valence-electron chi connectivity index (χ1n) is 9.96. The first kappa shape index (κ1) is 20.7. The highest BCUT2D eigenvalue weighted by atomic mass is 16.5. The van der Waals surface area contributed by atoms with Gasteiger partial charge in [-0.05, 0) is 31.2 Å². The molecule has 1 aliphatic heterocycles. The number of hydrogen-bond acceptors (Lipinski definition) is 7. The molecule has 9 heteroatoms. The maximum absolute atomic E-state index is 12.9. The molecule has 0 radical (unpaired) electrons. The van der Waals surface area contributed by atoms with Gasteiger partial charge < -0.3 is 19.4 Å². The van der Waals surface area contributed by atoms with Gasteiger partial charge >= 0.3 is 0 Å². The molecule has 0 aromatic carbocycles. The molecule has 2 amide bonds. The molecule has 3 aromatic heterocycles. The summed E-state index contributed by atoms with van der Waals surface area (Å²) in [6.07, 6.45) is 1.25. The summed E-state index contributed by atoms with van der Waals surface area (Å²) in [5.41, 5.74) is 3.13. The van der Waals surface area contributed by atoms with Crippen molar-refractivity contribution in [1.29, 1.82) is 0 Å². The number of nitrogens with one attached hydrogen (secondary N) is 1. The van der Waals surface area contributed by atoms with Crippen LogP contribution in [0.1, 0.15) is 44.4 Å². The van der Waals surface area contributed by atoms with Crippen LogP contribution in [0.25, 0.3) is 11.3 Å². The van der Waals surface area contributed by atoms with E-state index >= 15 is 0 Å². The molecule has 1 fully saturated rings. The average Bonchev–Trinajstić information content (AvgIpc) is 3.16. The van der Waals surface area contributed by atoms with Gasteiger partial charge in [-0.1, -0.05) is 6.07 Å². The standard InChI is InChI=1S/C22H23N5O4/c1-13-20(31-14(2)25-13)22(29)27-9-10-30-19(12-27)17-6-4-5-16(26-17)15-7-8-18(24-11-15)21(28)23-3/h4-8,11,19H,9-10,12H2,1-3H3,(H,23,28)/t19-/m1/s1. The third-order valence-corrected chi connectivity index (χ3v) is 5.07. The van der Waals surface area contributed by atoms with E-state index in [1.165, 1.54) is 0 Å². The van der Waals surface area contributed by atoms with Gasteiger partial charge in [-0.2, -0.15) is 0 Å². The van der Waals surface area contributed by atoms with Crippen LogP contribution in [0.3, 0.4) is 0 Å². The van der Waals surface area contributed by atoms with Gasteiger partial charge in [0.15, 0.2) is 5.89 Å². The Morgan fingerprint density at radius 1 is 1.16 bits per heavy atom. The number of aromatic nitrogens is 3. The number of rotatable bonds is 4. The second-order valence-corrected chi connectivity index (χ2v) is 7.22. The van der Waals surface area contributed by atoms with Crippen LogP contribution in [0.2, 0.25) is 0 Å². The zero-order valence-corrected chi connectivity index (χ0v) is 17.6. The van der Waals surface area contributed by atoms with Crippen molar-refractivity contribution in [3.63, 3.8) is 0 Å². The molecule has 31 heavy (non-hydrogen) atoms. The fraction of sp³-hybridized carbons (Fsp3) is 0.318. The van der Waals surface area contributed by atoms with E-state index < -0.39 is 0 Å². The smallest absolute Gasteiger partial charge is 0.291 e. The molecule has 4 rings (SSSR count). The van der Waals surface area contributed by atoms with Crippen molar-refractivity contribution >= 4 is 11.8 Å². The third kappa shape index (κ3) is 4.31. The number of ether oxygens (including phenoxy) is 1. The van der Waals surface area contributed by atoms with E-state index in [-0.39, 0.29) is 23.7 Å². The van der Waals surface area contributed by atoms with Crippen LogP contribution in [-0.2, 0) is 4.74 Å². The number of hydrogen-bond donors (Lipinski definition) is 1. The molecular weight excluding hydrogens is 398 g/mol. The van der Waals surface area contributed by atoms with E-state index in [0.29, 0.717) is 42.7 Å². The summed E-state index contributed by atoms with van der Waals surface area (Å²) >= 11 is 0. The Morgan fingerprint density at radius 2 is 2.00 bits per heavy atom. The predicted molar refractivity (Wildman–Crippen MR) is 111 cm³/mol. The molecule has 3 aromatic rings. The number of carbonyl (C=O) groups excluding carboxylic acids is 2. The van der Waals surface area contributed by atoms with Crippen LogP contribution in [0.4, 0.5) is 0 Å². The molecule has 0 bridgehead atoms. The van der Waals surface area contributed by atoms with Gasteiger partial charge in [0, 0.05) is 32.3 Å². The summed E-state index contributed by atoms with van der Waals surface area (Å²) in [4.78, 5) is 39.4. The van der Waals surface area contributed by atoms with Crippen molar-refractivity contribution in [2.24, 2.45) is 0 Å². The summed E-state index contributed by atoms with van der Waals surface area (Å²) < 4.78 is 11.4. The molecule has 1 atom stereocenters. The second kappa shape index (κ2) is 8.65. The minimum absolute atomic E-state index is 0.198. The normalized spacial score (nSPS) is 16.2. The van der Waals surface area contributed by atoms with Gasteiger partial charge in [0.05, 0.1) is 30.2 Å². The van der Waals surface area contributed by atoms with Gasteiger partial charge in [0.25, 0.3) is 11.8 Å². The third-order valence-electron chi connectivity index (χ3n) is 5.07.